The van der Waals surface area contributed by atoms with Gasteiger partial charge in [-0.25, -0.2) is 0 Å². The zero-order valence-electron chi connectivity index (χ0n) is 8.09. The fraction of sp³-hybridized carbons (Fsp3) is 0. The van der Waals surface area contributed by atoms with Crippen molar-refractivity contribution in [3.05, 3.63) is 54.7 Å². The Morgan fingerprint density at radius 3 is 2.60 bits per heavy atom. The molecule has 0 aliphatic rings. The Morgan fingerprint density at radius 2 is 1.80 bits per heavy atom. The van der Waals surface area contributed by atoms with Crippen LogP contribution in [0.4, 0.5) is 0 Å². The highest BCUT2D eigenvalue weighted by molar-refractivity contribution is 5.84. The molecule has 0 fully saturated rings. The minimum atomic E-state index is 0.925. The summed E-state index contributed by atoms with van der Waals surface area (Å²) in [6.07, 6.45) is 1.79. The Balaban J connectivity index is 2.21. The summed E-state index contributed by atoms with van der Waals surface area (Å²) < 4.78 is 0. The highest BCUT2D eigenvalue weighted by Gasteiger charge is 1.93. The highest BCUT2D eigenvalue weighted by atomic mass is 14.8. The molecule has 0 radical (unpaired) electrons. The summed E-state index contributed by atoms with van der Waals surface area (Å²) in [6.45, 7) is 0. The van der Waals surface area contributed by atoms with Crippen LogP contribution in [0.5, 0.6) is 0 Å². The Bertz CT molecular complexity index is 549. The van der Waals surface area contributed by atoms with Gasteiger partial charge in [-0.2, -0.15) is 0 Å². The van der Waals surface area contributed by atoms with E-state index in [2.05, 4.69) is 22.1 Å². The van der Waals surface area contributed by atoms with Gasteiger partial charge in [-0.3, -0.25) is 4.98 Å². The second-order valence-corrected chi connectivity index (χ2v) is 3.42. The number of para-hydroxylation sites is 1. The van der Waals surface area contributed by atoms with Crippen LogP contribution in [0.1, 0.15) is 0 Å². The van der Waals surface area contributed by atoms with E-state index in [9.17, 15) is 0 Å². The van der Waals surface area contributed by atoms with Gasteiger partial charge in [0.25, 0.3) is 0 Å². The van der Waals surface area contributed by atoms with Gasteiger partial charge in [-0.1, -0.05) is 36.4 Å². The molecule has 0 unspecified atom stereocenters. The molecule has 2 heterocycles. The fourth-order valence-electron chi connectivity index (χ4n) is 1.67. The average Bonchev–Trinajstić information content (AvgIpc) is 2.74. The first kappa shape index (κ1) is 8.24. The van der Waals surface area contributed by atoms with Crippen LogP contribution in [-0.2, 0) is 0 Å². The molecule has 0 amide bonds. The molecule has 2 heteroatoms. The average molecular weight is 193 g/mol. The number of fused-ring (bicyclic) bond motifs is 1. The van der Waals surface area contributed by atoms with Gasteiger partial charge < -0.3 is 4.98 Å². The lowest BCUT2D eigenvalue weighted by Crippen LogP contribution is -1.82. The molecule has 0 aliphatic carbocycles. The minimum Gasteiger partial charge on any atom is -0.656 e. The Kier molecular flexibility index (Phi) is 1.78. The summed E-state index contributed by atoms with van der Waals surface area (Å²) >= 11 is 0. The predicted molar refractivity (Wildman–Crippen MR) is 60.5 cm³/mol. The summed E-state index contributed by atoms with van der Waals surface area (Å²) in [5.41, 5.74) is 2.89. The molecule has 0 bridgehead atoms. The van der Waals surface area contributed by atoms with Crippen LogP contribution >= 0.6 is 0 Å². The van der Waals surface area contributed by atoms with Gasteiger partial charge >= 0.3 is 0 Å². The maximum absolute atomic E-state index is 4.52. The molecule has 2 aromatic heterocycles. The quantitative estimate of drug-likeness (QED) is 0.594. The van der Waals surface area contributed by atoms with Gasteiger partial charge in [0.2, 0.25) is 0 Å². The lowest BCUT2D eigenvalue weighted by atomic mass is 10.2. The highest BCUT2D eigenvalue weighted by Crippen LogP contribution is 2.20. The van der Waals surface area contributed by atoms with Crippen LogP contribution in [0.15, 0.2) is 54.7 Å². The molecule has 0 saturated heterocycles. The van der Waals surface area contributed by atoms with Gasteiger partial charge in [0.15, 0.2) is 0 Å². The second kappa shape index (κ2) is 3.24. The number of hydrogen-bond donors (Lipinski definition) is 0. The summed E-state index contributed by atoms with van der Waals surface area (Å²) in [4.78, 5) is 8.80. The van der Waals surface area contributed by atoms with E-state index >= 15 is 0 Å². The third-order valence-corrected chi connectivity index (χ3v) is 2.40. The maximum Gasteiger partial charge on any atom is 0.0483 e. The number of rotatable bonds is 1. The predicted octanol–water partition coefficient (Wildman–Crippen LogP) is 2.86. The Labute approximate surface area is 87.6 Å². The summed E-state index contributed by atoms with van der Waals surface area (Å²) in [6, 6.07) is 16.0. The molecule has 15 heavy (non-hydrogen) atoms. The molecule has 3 rings (SSSR count). The van der Waals surface area contributed by atoms with E-state index in [1.54, 1.807) is 6.20 Å². The molecule has 2 nitrogen and oxygen atoms in total. The van der Waals surface area contributed by atoms with Crippen molar-refractivity contribution in [3.63, 3.8) is 0 Å². The monoisotopic (exact) mass is 193 g/mol. The summed E-state index contributed by atoms with van der Waals surface area (Å²) in [5.74, 6) is 0. The number of pyridine rings is 1. The number of aromatic nitrogens is 2. The first-order valence-corrected chi connectivity index (χ1v) is 4.87. The lowest BCUT2D eigenvalue weighted by Gasteiger charge is -2.04. The van der Waals surface area contributed by atoms with Crippen LogP contribution in [-0.4, -0.2) is 4.98 Å². The SMILES string of the molecule is c1ccc(-c2cc3ccccc3[n-]2)nc1. The van der Waals surface area contributed by atoms with Crippen LogP contribution in [0.3, 0.4) is 0 Å². The zero-order chi connectivity index (χ0) is 10.1. The van der Waals surface area contributed by atoms with E-state index in [0.717, 1.165) is 22.3 Å². The van der Waals surface area contributed by atoms with Crippen molar-refractivity contribution in [2.24, 2.45) is 0 Å². The van der Waals surface area contributed by atoms with E-state index in [4.69, 9.17) is 0 Å². The topological polar surface area (TPSA) is 27.0 Å². The van der Waals surface area contributed by atoms with E-state index in [1.807, 2.05) is 36.4 Å². The van der Waals surface area contributed by atoms with Crippen molar-refractivity contribution >= 4 is 10.9 Å². The van der Waals surface area contributed by atoms with Crippen molar-refractivity contribution in [1.82, 2.24) is 9.97 Å². The third kappa shape index (κ3) is 1.40. The standard InChI is InChI=1S/C13H9N2/c1-2-6-11-10(5-1)9-13(15-11)12-7-3-4-8-14-12/h1-9H/q-1. The van der Waals surface area contributed by atoms with Crippen molar-refractivity contribution in [3.8, 4) is 11.4 Å². The molecule has 0 atom stereocenters. The number of benzene rings is 1. The van der Waals surface area contributed by atoms with Crippen molar-refractivity contribution < 1.29 is 0 Å². The maximum atomic E-state index is 4.52. The van der Waals surface area contributed by atoms with Crippen LogP contribution in [0, 0.1) is 0 Å². The first-order chi connectivity index (χ1) is 7.43. The minimum absolute atomic E-state index is 0.925. The third-order valence-electron chi connectivity index (χ3n) is 2.40. The van der Waals surface area contributed by atoms with E-state index in [0.29, 0.717) is 0 Å². The van der Waals surface area contributed by atoms with E-state index in [1.165, 1.54) is 0 Å². The molecule has 3 aromatic rings. The molecule has 0 aliphatic heterocycles. The Hall–Kier alpha value is -2.09. The lowest BCUT2D eigenvalue weighted by molar-refractivity contribution is 1.28. The van der Waals surface area contributed by atoms with Gasteiger partial charge in [0, 0.05) is 11.9 Å². The number of hydrogen-bond acceptors (Lipinski definition) is 1. The Morgan fingerprint density at radius 1 is 0.933 bits per heavy atom. The van der Waals surface area contributed by atoms with Crippen LogP contribution in [0.2, 0.25) is 0 Å². The molecular formula is C13H9N2-. The molecule has 0 spiro atoms. The van der Waals surface area contributed by atoms with Crippen molar-refractivity contribution in [2.75, 3.05) is 0 Å². The molecule has 0 saturated carbocycles. The molecular weight excluding hydrogens is 184 g/mol. The zero-order valence-corrected chi connectivity index (χ0v) is 8.09. The van der Waals surface area contributed by atoms with Gasteiger partial charge in [0.1, 0.15) is 0 Å². The summed E-state index contributed by atoms with van der Waals surface area (Å²) in [7, 11) is 0. The van der Waals surface area contributed by atoms with E-state index < -0.39 is 0 Å². The normalized spacial score (nSPS) is 10.7. The smallest absolute Gasteiger partial charge is 0.0483 e. The van der Waals surface area contributed by atoms with Gasteiger partial charge in [-0.05, 0) is 17.5 Å². The van der Waals surface area contributed by atoms with Gasteiger partial charge in [0.05, 0.1) is 0 Å². The molecule has 0 N–H and O–H groups in total. The number of nitrogens with zero attached hydrogens (tertiary/aromatic N) is 2. The van der Waals surface area contributed by atoms with Crippen molar-refractivity contribution in [2.45, 2.75) is 0 Å². The van der Waals surface area contributed by atoms with Crippen LogP contribution < -0.4 is 4.98 Å². The first-order valence-electron chi connectivity index (χ1n) is 4.87. The molecule has 72 valence electrons. The largest absolute Gasteiger partial charge is 0.656 e. The summed E-state index contributed by atoms with van der Waals surface area (Å²) in [5, 5.41) is 1.16. The van der Waals surface area contributed by atoms with Crippen LogP contribution in [0.25, 0.3) is 22.3 Å². The molecule has 1 aromatic carbocycles. The van der Waals surface area contributed by atoms with E-state index in [-0.39, 0.29) is 0 Å². The van der Waals surface area contributed by atoms with Crippen molar-refractivity contribution in [1.29, 1.82) is 0 Å². The second-order valence-electron chi connectivity index (χ2n) is 3.42. The van der Waals surface area contributed by atoms with Gasteiger partial charge in [-0.15, -0.1) is 11.2 Å². The fourth-order valence-corrected chi connectivity index (χ4v) is 1.67.